The lowest BCUT2D eigenvalue weighted by molar-refractivity contribution is 0.000269. The molecule has 4 heteroatoms. The smallest absolute Gasteiger partial charge is 0.410 e. The van der Waals surface area contributed by atoms with E-state index in [9.17, 15) is 4.79 Å². The number of amides is 1. The largest absolute Gasteiger partial charge is 0.444 e. The number of fused-ring (bicyclic) bond motifs is 1. The summed E-state index contributed by atoms with van der Waals surface area (Å²) in [6, 6.07) is 0.817. The molecular weight excluding hydrogens is 216 g/mol. The van der Waals surface area contributed by atoms with Crippen LogP contribution in [0, 0.1) is 0 Å². The second-order valence-corrected chi connectivity index (χ2v) is 6.09. The van der Waals surface area contributed by atoms with Gasteiger partial charge in [-0.05, 0) is 33.6 Å². The van der Waals surface area contributed by atoms with Gasteiger partial charge in [0.05, 0.1) is 6.04 Å². The summed E-state index contributed by atoms with van der Waals surface area (Å²) in [5.74, 6) is 0. The average Bonchev–Trinajstić information content (AvgIpc) is 2.26. The van der Waals surface area contributed by atoms with Crippen LogP contribution in [0.5, 0.6) is 0 Å². The molecule has 1 saturated carbocycles. The van der Waals surface area contributed by atoms with Crippen LogP contribution in [0.2, 0.25) is 0 Å². The molecule has 2 rings (SSSR count). The van der Waals surface area contributed by atoms with Crippen molar-refractivity contribution in [3.05, 3.63) is 0 Å². The minimum Gasteiger partial charge on any atom is -0.444 e. The Morgan fingerprint density at radius 1 is 1.29 bits per heavy atom. The fourth-order valence-corrected chi connectivity index (χ4v) is 2.81. The Labute approximate surface area is 104 Å². The molecule has 0 radical (unpaired) electrons. The van der Waals surface area contributed by atoms with E-state index in [1.807, 2.05) is 25.7 Å². The van der Waals surface area contributed by atoms with E-state index in [1.165, 1.54) is 19.3 Å². The van der Waals surface area contributed by atoms with Crippen LogP contribution in [0.25, 0.3) is 0 Å². The molecule has 1 aliphatic heterocycles. The SMILES string of the molecule is CC(C)(C)OC(=O)N1CCN[C@H]2CCCC[C@H]21. The van der Waals surface area contributed by atoms with Gasteiger partial charge in [-0.2, -0.15) is 0 Å². The molecule has 2 atom stereocenters. The van der Waals surface area contributed by atoms with Gasteiger partial charge in [-0.1, -0.05) is 12.8 Å². The van der Waals surface area contributed by atoms with Crippen molar-refractivity contribution in [2.75, 3.05) is 13.1 Å². The quantitative estimate of drug-likeness (QED) is 0.705. The van der Waals surface area contributed by atoms with Crippen LogP contribution in [-0.2, 0) is 4.74 Å². The molecule has 1 saturated heterocycles. The number of carbonyl (C=O) groups excluding carboxylic acids is 1. The summed E-state index contributed by atoms with van der Waals surface area (Å²) in [7, 11) is 0. The molecule has 0 aromatic rings. The normalized spacial score (nSPS) is 29.7. The van der Waals surface area contributed by atoms with Crippen molar-refractivity contribution >= 4 is 6.09 Å². The third kappa shape index (κ3) is 3.12. The van der Waals surface area contributed by atoms with E-state index in [0.717, 1.165) is 19.5 Å². The predicted octanol–water partition coefficient (Wildman–Crippen LogP) is 2.14. The Bertz CT molecular complexity index is 284. The first-order valence-corrected chi connectivity index (χ1v) is 6.70. The topological polar surface area (TPSA) is 41.6 Å². The summed E-state index contributed by atoms with van der Waals surface area (Å²) in [4.78, 5) is 14.1. The van der Waals surface area contributed by atoms with Crippen LogP contribution in [-0.4, -0.2) is 41.8 Å². The number of nitrogens with one attached hydrogen (secondary N) is 1. The summed E-state index contributed by atoms with van der Waals surface area (Å²) < 4.78 is 5.49. The van der Waals surface area contributed by atoms with E-state index < -0.39 is 5.60 Å². The Kier molecular flexibility index (Phi) is 3.61. The lowest BCUT2D eigenvalue weighted by Gasteiger charge is -2.44. The highest BCUT2D eigenvalue weighted by Gasteiger charge is 2.37. The summed E-state index contributed by atoms with van der Waals surface area (Å²) in [6.07, 6.45) is 4.65. The Morgan fingerprint density at radius 2 is 2.00 bits per heavy atom. The summed E-state index contributed by atoms with van der Waals surface area (Å²) in [6.45, 7) is 7.43. The monoisotopic (exact) mass is 240 g/mol. The molecule has 0 aromatic heterocycles. The first kappa shape index (κ1) is 12.7. The molecular formula is C13H24N2O2. The Balaban J connectivity index is 2.01. The van der Waals surface area contributed by atoms with Crippen molar-refractivity contribution in [1.82, 2.24) is 10.2 Å². The summed E-state index contributed by atoms with van der Waals surface area (Å²) in [5.41, 5.74) is -0.397. The molecule has 0 unspecified atom stereocenters. The van der Waals surface area contributed by atoms with Gasteiger partial charge in [-0.25, -0.2) is 4.79 Å². The van der Waals surface area contributed by atoms with Gasteiger partial charge in [-0.3, -0.25) is 0 Å². The van der Waals surface area contributed by atoms with Gasteiger partial charge in [-0.15, -0.1) is 0 Å². The zero-order chi connectivity index (χ0) is 12.5. The standard InChI is InChI=1S/C13H24N2O2/c1-13(2,3)17-12(16)15-9-8-14-10-6-4-5-7-11(10)15/h10-11,14H,4-9H2,1-3H3/t10-,11+/m0/s1. The first-order valence-electron chi connectivity index (χ1n) is 6.70. The number of ether oxygens (including phenoxy) is 1. The molecule has 1 N–H and O–H groups in total. The van der Waals surface area contributed by atoms with Crippen LogP contribution in [0.1, 0.15) is 46.5 Å². The highest BCUT2D eigenvalue weighted by Crippen LogP contribution is 2.26. The zero-order valence-electron chi connectivity index (χ0n) is 11.2. The van der Waals surface area contributed by atoms with Crippen LogP contribution < -0.4 is 5.32 Å². The van der Waals surface area contributed by atoms with Crippen molar-refractivity contribution in [2.24, 2.45) is 0 Å². The van der Waals surface area contributed by atoms with Crippen molar-refractivity contribution in [3.8, 4) is 0 Å². The van der Waals surface area contributed by atoms with Crippen LogP contribution in [0.3, 0.4) is 0 Å². The summed E-state index contributed by atoms with van der Waals surface area (Å²) >= 11 is 0. The van der Waals surface area contributed by atoms with Crippen LogP contribution in [0.4, 0.5) is 4.79 Å². The highest BCUT2D eigenvalue weighted by atomic mass is 16.6. The lowest BCUT2D eigenvalue weighted by atomic mass is 9.88. The maximum atomic E-state index is 12.1. The third-order valence-electron chi connectivity index (χ3n) is 3.52. The third-order valence-corrected chi connectivity index (χ3v) is 3.52. The lowest BCUT2D eigenvalue weighted by Crippen LogP contribution is -2.61. The fourth-order valence-electron chi connectivity index (χ4n) is 2.81. The number of rotatable bonds is 0. The van der Waals surface area contributed by atoms with Gasteiger partial charge >= 0.3 is 6.09 Å². The number of hydrogen-bond acceptors (Lipinski definition) is 3. The number of piperazine rings is 1. The maximum absolute atomic E-state index is 12.1. The Hall–Kier alpha value is -0.770. The molecule has 98 valence electrons. The van der Waals surface area contributed by atoms with Crippen LogP contribution in [0.15, 0.2) is 0 Å². The average molecular weight is 240 g/mol. The molecule has 1 heterocycles. The van der Waals surface area contributed by atoms with Gasteiger partial charge in [0.15, 0.2) is 0 Å². The van der Waals surface area contributed by atoms with Crippen LogP contribution >= 0.6 is 0 Å². The van der Waals surface area contributed by atoms with Gasteiger partial charge in [0.1, 0.15) is 5.60 Å². The minimum absolute atomic E-state index is 0.143. The molecule has 2 aliphatic rings. The van der Waals surface area contributed by atoms with Gasteiger partial charge in [0.25, 0.3) is 0 Å². The zero-order valence-corrected chi connectivity index (χ0v) is 11.2. The number of nitrogens with zero attached hydrogens (tertiary/aromatic N) is 1. The fraction of sp³-hybridized carbons (Fsp3) is 0.923. The molecule has 0 bridgehead atoms. The summed E-state index contributed by atoms with van der Waals surface area (Å²) in [5, 5.41) is 3.52. The van der Waals surface area contributed by atoms with Gasteiger partial charge in [0.2, 0.25) is 0 Å². The molecule has 17 heavy (non-hydrogen) atoms. The van der Waals surface area contributed by atoms with E-state index in [0.29, 0.717) is 12.1 Å². The van der Waals surface area contributed by atoms with E-state index in [1.54, 1.807) is 0 Å². The van der Waals surface area contributed by atoms with Crippen molar-refractivity contribution in [3.63, 3.8) is 0 Å². The van der Waals surface area contributed by atoms with Gasteiger partial charge in [0, 0.05) is 19.1 Å². The van der Waals surface area contributed by atoms with Crippen molar-refractivity contribution < 1.29 is 9.53 Å². The molecule has 0 aromatic carbocycles. The first-order chi connectivity index (χ1) is 7.97. The van der Waals surface area contributed by atoms with Gasteiger partial charge < -0.3 is 15.0 Å². The predicted molar refractivity (Wildman–Crippen MR) is 67.0 cm³/mol. The number of hydrogen-bond donors (Lipinski definition) is 1. The minimum atomic E-state index is -0.397. The molecule has 2 fully saturated rings. The van der Waals surface area contributed by atoms with Crippen molar-refractivity contribution in [2.45, 2.75) is 64.1 Å². The van der Waals surface area contributed by atoms with E-state index >= 15 is 0 Å². The molecule has 0 spiro atoms. The second kappa shape index (κ2) is 4.84. The van der Waals surface area contributed by atoms with Crippen molar-refractivity contribution in [1.29, 1.82) is 0 Å². The Morgan fingerprint density at radius 3 is 2.71 bits per heavy atom. The van der Waals surface area contributed by atoms with E-state index in [-0.39, 0.29) is 6.09 Å². The molecule has 4 nitrogen and oxygen atoms in total. The van der Waals surface area contributed by atoms with E-state index in [4.69, 9.17) is 4.74 Å². The second-order valence-electron chi connectivity index (χ2n) is 6.09. The molecule has 1 aliphatic carbocycles. The molecule has 1 amide bonds. The highest BCUT2D eigenvalue weighted by molar-refractivity contribution is 5.69. The number of carbonyl (C=O) groups is 1. The van der Waals surface area contributed by atoms with E-state index in [2.05, 4.69) is 5.32 Å². The maximum Gasteiger partial charge on any atom is 0.410 e.